The third-order valence-electron chi connectivity index (χ3n) is 3.41. The Bertz CT molecular complexity index is 373. The van der Waals surface area contributed by atoms with E-state index < -0.39 is 0 Å². The maximum Gasteiger partial charge on any atom is 0.142 e. The second kappa shape index (κ2) is 7.39. The normalized spacial score (nSPS) is 15.9. The summed E-state index contributed by atoms with van der Waals surface area (Å²) in [5, 5.41) is 3.49. The lowest BCUT2D eigenvalue weighted by molar-refractivity contribution is 0.243. The molecule has 106 valence electrons. The molecule has 0 saturated carbocycles. The van der Waals surface area contributed by atoms with E-state index in [2.05, 4.69) is 36.2 Å². The summed E-state index contributed by atoms with van der Waals surface area (Å²) >= 11 is 0. The molecule has 0 atom stereocenters. The van der Waals surface area contributed by atoms with Crippen LogP contribution in [0, 0.1) is 0 Å². The van der Waals surface area contributed by atoms with Gasteiger partial charge < -0.3 is 15.0 Å². The van der Waals surface area contributed by atoms with E-state index in [9.17, 15) is 0 Å². The summed E-state index contributed by atoms with van der Waals surface area (Å²) in [4.78, 5) is 2.55. The van der Waals surface area contributed by atoms with Crippen molar-refractivity contribution in [2.75, 3.05) is 31.5 Å². The molecule has 19 heavy (non-hydrogen) atoms. The highest BCUT2D eigenvalue weighted by Gasteiger charge is 2.10. The van der Waals surface area contributed by atoms with E-state index in [1.165, 1.54) is 38.9 Å². The van der Waals surface area contributed by atoms with Crippen LogP contribution in [0.5, 0.6) is 5.75 Å². The van der Waals surface area contributed by atoms with Gasteiger partial charge in [0.15, 0.2) is 0 Å². The number of hydrogen-bond donors (Lipinski definition) is 1. The van der Waals surface area contributed by atoms with E-state index in [-0.39, 0.29) is 6.10 Å². The summed E-state index contributed by atoms with van der Waals surface area (Å²) in [6, 6.07) is 8.19. The summed E-state index contributed by atoms with van der Waals surface area (Å²) in [5.74, 6) is 0.957. The lowest BCUT2D eigenvalue weighted by Crippen LogP contribution is -2.22. The molecule has 1 N–H and O–H groups in total. The molecule has 1 aromatic rings. The van der Waals surface area contributed by atoms with Crippen LogP contribution in [-0.4, -0.2) is 37.2 Å². The third kappa shape index (κ3) is 4.75. The van der Waals surface area contributed by atoms with Crippen LogP contribution in [0.1, 0.15) is 33.1 Å². The van der Waals surface area contributed by atoms with Gasteiger partial charge in [-0.2, -0.15) is 0 Å². The number of likely N-dealkylation sites (tertiary alicyclic amines) is 1. The van der Waals surface area contributed by atoms with Crippen molar-refractivity contribution < 1.29 is 4.74 Å². The monoisotopic (exact) mass is 262 g/mol. The maximum atomic E-state index is 5.80. The van der Waals surface area contributed by atoms with Gasteiger partial charge in [-0.25, -0.2) is 0 Å². The minimum absolute atomic E-state index is 0.215. The van der Waals surface area contributed by atoms with Gasteiger partial charge >= 0.3 is 0 Å². The minimum atomic E-state index is 0.215. The smallest absolute Gasteiger partial charge is 0.142 e. The molecule has 1 fully saturated rings. The number of benzene rings is 1. The van der Waals surface area contributed by atoms with Crippen molar-refractivity contribution in [3.63, 3.8) is 0 Å². The number of nitrogens with zero attached hydrogens (tertiary/aromatic N) is 1. The molecule has 0 aromatic heterocycles. The zero-order valence-corrected chi connectivity index (χ0v) is 12.2. The molecule has 0 bridgehead atoms. The standard InChI is InChI=1S/C16H26N2O/c1-14(2)19-16-9-4-3-8-15(16)17-10-7-13-18-11-5-6-12-18/h3-4,8-9,14,17H,5-7,10-13H2,1-2H3. The van der Waals surface area contributed by atoms with Gasteiger partial charge in [0.25, 0.3) is 0 Å². The van der Waals surface area contributed by atoms with Crippen LogP contribution in [0.25, 0.3) is 0 Å². The average Bonchev–Trinajstić information content (AvgIpc) is 2.89. The summed E-state index contributed by atoms with van der Waals surface area (Å²) in [6.07, 6.45) is 4.15. The molecule has 0 spiro atoms. The van der Waals surface area contributed by atoms with Gasteiger partial charge in [0, 0.05) is 6.54 Å². The van der Waals surface area contributed by atoms with E-state index in [1.807, 2.05) is 12.1 Å². The first-order valence-corrected chi connectivity index (χ1v) is 7.47. The van der Waals surface area contributed by atoms with E-state index in [1.54, 1.807) is 0 Å². The Kier molecular flexibility index (Phi) is 5.52. The van der Waals surface area contributed by atoms with Crippen molar-refractivity contribution in [2.45, 2.75) is 39.2 Å². The Morgan fingerprint density at radius 3 is 2.68 bits per heavy atom. The van der Waals surface area contributed by atoms with E-state index in [0.29, 0.717) is 0 Å². The van der Waals surface area contributed by atoms with Crippen LogP contribution >= 0.6 is 0 Å². The predicted octanol–water partition coefficient (Wildman–Crippen LogP) is 3.37. The summed E-state index contributed by atoms with van der Waals surface area (Å²) < 4.78 is 5.80. The van der Waals surface area contributed by atoms with Gasteiger partial charge in [-0.15, -0.1) is 0 Å². The molecule has 1 aliphatic rings. The van der Waals surface area contributed by atoms with Gasteiger partial charge in [0.2, 0.25) is 0 Å². The Hall–Kier alpha value is -1.22. The second-order valence-corrected chi connectivity index (χ2v) is 5.49. The first-order chi connectivity index (χ1) is 9.25. The molecule has 3 nitrogen and oxygen atoms in total. The van der Waals surface area contributed by atoms with Crippen LogP contribution < -0.4 is 10.1 Å². The number of nitrogens with one attached hydrogen (secondary N) is 1. The van der Waals surface area contributed by atoms with Crippen molar-refractivity contribution >= 4 is 5.69 Å². The van der Waals surface area contributed by atoms with E-state index in [0.717, 1.165) is 18.0 Å². The fraction of sp³-hybridized carbons (Fsp3) is 0.625. The Morgan fingerprint density at radius 1 is 1.21 bits per heavy atom. The van der Waals surface area contributed by atoms with Crippen LogP contribution in [0.15, 0.2) is 24.3 Å². The summed E-state index contributed by atoms with van der Waals surface area (Å²) in [6.45, 7) is 8.91. The number of ether oxygens (including phenoxy) is 1. The molecular formula is C16H26N2O. The number of para-hydroxylation sites is 2. The molecule has 1 heterocycles. The topological polar surface area (TPSA) is 24.5 Å². The fourth-order valence-electron chi connectivity index (χ4n) is 2.50. The molecular weight excluding hydrogens is 236 g/mol. The van der Waals surface area contributed by atoms with Crippen molar-refractivity contribution in [2.24, 2.45) is 0 Å². The first-order valence-electron chi connectivity index (χ1n) is 7.47. The molecule has 3 heteroatoms. The lowest BCUT2D eigenvalue weighted by atomic mass is 10.2. The van der Waals surface area contributed by atoms with Crippen LogP contribution in [0.2, 0.25) is 0 Å². The Balaban J connectivity index is 1.75. The van der Waals surface area contributed by atoms with E-state index >= 15 is 0 Å². The van der Waals surface area contributed by atoms with Gasteiger partial charge in [-0.3, -0.25) is 0 Å². The molecule has 1 aliphatic heterocycles. The molecule has 2 rings (SSSR count). The molecule has 0 aliphatic carbocycles. The largest absolute Gasteiger partial charge is 0.489 e. The van der Waals surface area contributed by atoms with Gasteiger partial charge in [0.1, 0.15) is 5.75 Å². The molecule has 0 radical (unpaired) electrons. The number of rotatable bonds is 7. The molecule has 1 saturated heterocycles. The van der Waals surface area contributed by atoms with Crippen molar-refractivity contribution in [3.8, 4) is 5.75 Å². The van der Waals surface area contributed by atoms with Gasteiger partial charge in [-0.1, -0.05) is 12.1 Å². The number of anilines is 1. The quantitative estimate of drug-likeness (QED) is 0.762. The lowest BCUT2D eigenvalue weighted by Gasteiger charge is -2.17. The highest BCUT2D eigenvalue weighted by atomic mass is 16.5. The second-order valence-electron chi connectivity index (χ2n) is 5.49. The van der Waals surface area contributed by atoms with Crippen LogP contribution in [0.4, 0.5) is 5.69 Å². The van der Waals surface area contributed by atoms with Gasteiger partial charge in [0.05, 0.1) is 11.8 Å². The zero-order valence-electron chi connectivity index (χ0n) is 12.2. The maximum absolute atomic E-state index is 5.80. The SMILES string of the molecule is CC(C)Oc1ccccc1NCCCN1CCCC1. The van der Waals surface area contributed by atoms with Crippen molar-refractivity contribution in [1.29, 1.82) is 0 Å². The average molecular weight is 262 g/mol. The van der Waals surface area contributed by atoms with E-state index in [4.69, 9.17) is 4.74 Å². The predicted molar refractivity (Wildman–Crippen MR) is 81.0 cm³/mol. The third-order valence-corrected chi connectivity index (χ3v) is 3.41. The highest BCUT2D eigenvalue weighted by Crippen LogP contribution is 2.24. The molecule has 1 aromatic carbocycles. The van der Waals surface area contributed by atoms with Crippen molar-refractivity contribution in [3.05, 3.63) is 24.3 Å². The highest BCUT2D eigenvalue weighted by molar-refractivity contribution is 5.56. The van der Waals surface area contributed by atoms with Crippen LogP contribution in [-0.2, 0) is 0 Å². The summed E-state index contributed by atoms with van der Waals surface area (Å²) in [5.41, 5.74) is 1.11. The summed E-state index contributed by atoms with van der Waals surface area (Å²) in [7, 11) is 0. The Labute approximate surface area is 116 Å². The van der Waals surface area contributed by atoms with Crippen LogP contribution in [0.3, 0.4) is 0 Å². The zero-order chi connectivity index (χ0) is 13.5. The fourth-order valence-corrected chi connectivity index (χ4v) is 2.50. The van der Waals surface area contributed by atoms with Crippen molar-refractivity contribution in [1.82, 2.24) is 4.90 Å². The van der Waals surface area contributed by atoms with Gasteiger partial charge in [-0.05, 0) is 64.9 Å². The molecule has 0 amide bonds. The minimum Gasteiger partial charge on any atom is -0.489 e. The molecule has 0 unspecified atom stereocenters. The Morgan fingerprint density at radius 2 is 1.95 bits per heavy atom. The first kappa shape index (κ1) is 14.2. The number of hydrogen-bond acceptors (Lipinski definition) is 3.